The fraction of sp³-hybridized carbons (Fsp3) is 0.300. The van der Waals surface area contributed by atoms with Gasteiger partial charge < -0.3 is 9.64 Å². The zero-order chi connectivity index (χ0) is 16.2. The lowest BCUT2D eigenvalue weighted by molar-refractivity contribution is 0.228. The second-order valence-corrected chi connectivity index (χ2v) is 6.31. The van der Waals surface area contributed by atoms with Gasteiger partial charge in [-0.2, -0.15) is 0 Å². The molecule has 1 unspecified atom stereocenters. The first-order valence-electron chi connectivity index (χ1n) is 8.52. The Hall–Kier alpha value is -2.04. The van der Waals surface area contributed by atoms with Crippen LogP contribution in [0.15, 0.2) is 60.9 Å². The van der Waals surface area contributed by atoms with Gasteiger partial charge in [0.15, 0.2) is 0 Å². The zero-order valence-electron chi connectivity index (χ0n) is 14.5. The summed E-state index contributed by atoms with van der Waals surface area (Å²) >= 11 is 0. The van der Waals surface area contributed by atoms with Crippen molar-refractivity contribution >= 4 is 41.5 Å². The number of rotatable bonds is 4. The number of hydrogen-bond acceptors (Lipinski definition) is 4. The molecule has 1 aliphatic rings. The monoisotopic (exact) mass is 391 g/mol. The number of pyridine rings is 2. The van der Waals surface area contributed by atoms with Gasteiger partial charge in [0, 0.05) is 36.8 Å². The lowest BCUT2D eigenvalue weighted by Crippen LogP contribution is -2.38. The number of piperidine rings is 1. The van der Waals surface area contributed by atoms with Crippen LogP contribution < -0.4 is 9.64 Å². The predicted molar refractivity (Wildman–Crippen MR) is 111 cm³/mol. The van der Waals surface area contributed by atoms with E-state index in [1.54, 1.807) is 12.4 Å². The number of para-hydroxylation sites is 1. The molecule has 0 aliphatic carbocycles. The van der Waals surface area contributed by atoms with Gasteiger partial charge in [-0.3, -0.25) is 4.98 Å². The van der Waals surface area contributed by atoms with E-state index in [0.29, 0.717) is 5.92 Å². The van der Waals surface area contributed by atoms with Crippen LogP contribution in [0.2, 0.25) is 0 Å². The van der Waals surface area contributed by atoms with Crippen LogP contribution in [0.3, 0.4) is 0 Å². The lowest BCUT2D eigenvalue weighted by atomic mass is 9.99. The summed E-state index contributed by atoms with van der Waals surface area (Å²) in [4.78, 5) is 11.2. The number of aromatic nitrogens is 2. The molecule has 4 nitrogen and oxygen atoms in total. The average Bonchev–Trinajstić information content (AvgIpc) is 2.67. The molecule has 1 aromatic carbocycles. The van der Waals surface area contributed by atoms with E-state index in [-0.39, 0.29) is 24.8 Å². The van der Waals surface area contributed by atoms with Gasteiger partial charge in [-0.05, 0) is 43.2 Å². The molecule has 3 aromatic rings. The van der Waals surface area contributed by atoms with Gasteiger partial charge in [0.1, 0.15) is 11.6 Å². The number of anilines is 1. The maximum Gasteiger partial charge on any atom is 0.129 e. The standard InChI is InChI=1S/C20H21N3O.2ClH/c1-2-6-19-17(5-1)7-8-20(22-19)23-13-3-4-16(14-23)15-24-18-9-11-21-12-10-18;;/h1-2,5-12,16H,3-4,13-15H2;2*1H. The molecule has 1 saturated heterocycles. The Kier molecular flexibility index (Phi) is 7.49. The molecule has 3 heterocycles. The molecule has 4 rings (SSSR count). The molecular formula is C20H23Cl2N3O. The Morgan fingerprint density at radius 2 is 1.81 bits per heavy atom. The van der Waals surface area contributed by atoms with Crippen LogP contribution >= 0.6 is 24.8 Å². The minimum Gasteiger partial charge on any atom is -0.493 e. The number of fused-ring (bicyclic) bond motifs is 1. The van der Waals surface area contributed by atoms with Gasteiger partial charge in [-0.1, -0.05) is 18.2 Å². The van der Waals surface area contributed by atoms with Crippen molar-refractivity contribution in [1.82, 2.24) is 9.97 Å². The Morgan fingerprint density at radius 1 is 1.00 bits per heavy atom. The summed E-state index contributed by atoms with van der Waals surface area (Å²) in [6.07, 6.45) is 5.91. The quantitative estimate of drug-likeness (QED) is 0.641. The largest absolute Gasteiger partial charge is 0.493 e. The normalized spacial score (nSPS) is 16.5. The van der Waals surface area contributed by atoms with Crippen molar-refractivity contribution in [3.05, 3.63) is 60.9 Å². The zero-order valence-corrected chi connectivity index (χ0v) is 16.1. The van der Waals surface area contributed by atoms with Crippen LogP contribution in [-0.4, -0.2) is 29.7 Å². The fourth-order valence-electron chi connectivity index (χ4n) is 3.29. The molecule has 0 bridgehead atoms. The smallest absolute Gasteiger partial charge is 0.129 e. The van der Waals surface area contributed by atoms with Crippen LogP contribution in [-0.2, 0) is 0 Å². The summed E-state index contributed by atoms with van der Waals surface area (Å²) in [5.74, 6) is 2.49. The molecule has 0 N–H and O–H groups in total. The molecule has 1 fully saturated rings. The van der Waals surface area contributed by atoms with Gasteiger partial charge in [-0.15, -0.1) is 24.8 Å². The molecule has 0 amide bonds. The van der Waals surface area contributed by atoms with E-state index >= 15 is 0 Å². The minimum atomic E-state index is 0. The van der Waals surface area contributed by atoms with E-state index < -0.39 is 0 Å². The Labute approximate surface area is 166 Å². The van der Waals surface area contributed by atoms with E-state index in [0.717, 1.165) is 36.8 Å². The van der Waals surface area contributed by atoms with Gasteiger partial charge >= 0.3 is 0 Å². The average molecular weight is 392 g/mol. The molecular weight excluding hydrogens is 369 g/mol. The van der Waals surface area contributed by atoms with Gasteiger partial charge in [0.05, 0.1) is 12.1 Å². The molecule has 2 aromatic heterocycles. The maximum absolute atomic E-state index is 5.91. The highest BCUT2D eigenvalue weighted by atomic mass is 35.5. The van der Waals surface area contributed by atoms with E-state index in [2.05, 4.69) is 40.2 Å². The number of benzene rings is 1. The third-order valence-corrected chi connectivity index (χ3v) is 4.56. The molecule has 0 saturated carbocycles. The number of halogens is 2. The van der Waals surface area contributed by atoms with Gasteiger partial charge in [0.2, 0.25) is 0 Å². The first-order chi connectivity index (χ1) is 11.9. The van der Waals surface area contributed by atoms with Crippen LogP contribution in [0.25, 0.3) is 10.9 Å². The first-order valence-corrected chi connectivity index (χ1v) is 8.52. The van der Waals surface area contributed by atoms with Crippen molar-refractivity contribution in [2.75, 3.05) is 24.6 Å². The van der Waals surface area contributed by atoms with E-state index in [4.69, 9.17) is 9.72 Å². The third-order valence-electron chi connectivity index (χ3n) is 4.56. The van der Waals surface area contributed by atoms with Crippen molar-refractivity contribution < 1.29 is 4.74 Å². The molecule has 6 heteroatoms. The Balaban J connectivity index is 0.00000121. The molecule has 138 valence electrons. The first kappa shape index (κ1) is 20.3. The van der Waals surface area contributed by atoms with Crippen molar-refractivity contribution in [2.24, 2.45) is 5.92 Å². The van der Waals surface area contributed by atoms with Crippen LogP contribution in [0.4, 0.5) is 5.82 Å². The highest BCUT2D eigenvalue weighted by Crippen LogP contribution is 2.24. The minimum absolute atomic E-state index is 0. The number of hydrogen-bond donors (Lipinski definition) is 0. The summed E-state index contributed by atoms with van der Waals surface area (Å²) < 4.78 is 5.91. The predicted octanol–water partition coefficient (Wildman–Crippen LogP) is 4.77. The van der Waals surface area contributed by atoms with E-state index in [9.17, 15) is 0 Å². The lowest BCUT2D eigenvalue weighted by Gasteiger charge is -2.33. The molecule has 0 spiro atoms. The summed E-state index contributed by atoms with van der Waals surface area (Å²) in [5.41, 5.74) is 1.06. The summed E-state index contributed by atoms with van der Waals surface area (Å²) in [6.45, 7) is 2.81. The molecule has 0 radical (unpaired) electrons. The fourth-order valence-corrected chi connectivity index (χ4v) is 3.29. The van der Waals surface area contributed by atoms with Crippen molar-refractivity contribution in [3.8, 4) is 5.75 Å². The Bertz CT molecular complexity index is 816. The summed E-state index contributed by atoms with van der Waals surface area (Å²) in [5, 5.41) is 1.19. The Morgan fingerprint density at radius 3 is 2.65 bits per heavy atom. The van der Waals surface area contributed by atoms with Gasteiger partial charge in [0.25, 0.3) is 0 Å². The summed E-state index contributed by atoms with van der Waals surface area (Å²) in [7, 11) is 0. The van der Waals surface area contributed by atoms with Crippen molar-refractivity contribution in [3.63, 3.8) is 0 Å². The van der Waals surface area contributed by atoms with E-state index in [1.807, 2.05) is 18.2 Å². The highest BCUT2D eigenvalue weighted by Gasteiger charge is 2.21. The number of ether oxygens (including phenoxy) is 1. The number of nitrogens with zero attached hydrogens (tertiary/aromatic N) is 3. The van der Waals surface area contributed by atoms with Crippen LogP contribution in [0.5, 0.6) is 5.75 Å². The topological polar surface area (TPSA) is 38.2 Å². The van der Waals surface area contributed by atoms with Gasteiger partial charge in [-0.25, -0.2) is 4.98 Å². The molecule has 1 aliphatic heterocycles. The van der Waals surface area contributed by atoms with Crippen molar-refractivity contribution in [1.29, 1.82) is 0 Å². The second kappa shape index (κ2) is 9.60. The SMILES string of the molecule is Cl.Cl.c1ccc2nc(N3CCCC(COc4ccncc4)C3)ccc2c1. The highest BCUT2D eigenvalue weighted by molar-refractivity contribution is 5.85. The third kappa shape index (κ3) is 4.77. The van der Waals surface area contributed by atoms with Crippen molar-refractivity contribution in [2.45, 2.75) is 12.8 Å². The van der Waals surface area contributed by atoms with E-state index in [1.165, 1.54) is 18.2 Å². The maximum atomic E-state index is 5.91. The molecule has 26 heavy (non-hydrogen) atoms. The van der Waals surface area contributed by atoms with Crippen LogP contribution in [0, 0.1) is 5.92 Å². The summed E-state index contributed by atoms with van der Waals surface area (Å²) in [6, 6.07) is 16.4. The molecule has 1 atom stereocenters. The second-order valence-electron chi connectivity index (χ2n) is 6.31. The van der Waals surface area contributed by atoms with Crippen LogP contribution in [0.1, 0.15) is 12.8 Å².